The van der Waals surface area contributed by atoms with Crippen LogP contribution in [0.4, 0.5) is 0 Å². The highest BCUT2D eigenvalue weighted by Gasteiger charge is 2.21. The highest BCUT2D eigenvalue weighted by Crippen LogP contribution is 2.14. The maximum Gasteiger partial charge on any atom is 0.328 e. The summed E-state index contributed by atoms with van der Waals surface area (Å²) in [5.74, 6) is -1.55. The van der Waals surface area contributed by atoms with Gasteiger partial charge in [-0.25, -0.2) is 9.59 Å². The third kappa shape index (κ3) is 8.69. The maximum absolute atomic E-state index is 12.0. The molecule has 2 amide bonds. The molecule has 2 rings (SSSR count). The van der Waals surface area contributed by atoms with Crippen LogP contribution in [0.3, 0.4) is 0 Å². The fourth-order valence-corrected chi connectivity index (χ4v) is 3.75. The Morgan fingerprint density at radius 1 is 0.676 bits per heavy atom. The van der Waals surface area contributed by atoms with Crippen LogP contribution in [0, 0.1) is 0 Å². The molecule has 0 saturated heterocycles. The first-order chi connectivity index (χ1) is 16.2. The molecule has 2 N–H and O–H groups in total. The van der Waals surface area contributed by atoms with Crippen molar-refractivity contribution in [3.63, 3.8) is 0 Å². The lowest BCUT2D eigenvalue weighted by Crippen LogP contribution is -2.42. The van der Waals surface area contributed by atoms with Gasteiger partial charge < -0.3 is 20.1 Å². The van der Waals surface area contributed by atoms with Gasteiger partial charge >= 0.3 is 11.9 Å². The van der Waals surface area contributed by atoms with Gasteiger partial charge in [-0.1, -0.05) is 48.5 Å². The Morgan fingerprint density at radius 3 is 1.35 bits per heavy atom. The summed E-state index contributed by atoms with van der Waals surface area (Å²) >= 11 is 0. The lowest BCUT2D eigenvalue weighted by atomic mass is 9.97. The number of rotatable bonds is 11. The SMILES string of the molecule is COC(=O)[C@H](Cc1cccc(CCc2cccc(C[C@@H](NC(C)=O)C(=O)OC)c2)c1)NC(C)=O. The van der Waals surface area contributed by atoms with Crippen molar-refractivity contribution < 1.29 is 28.7 Å². The van der Waals surface area contributed by atoms with Crippen LogP contribution in [0.5, 0.6) is 0 Å². The number of hydrogen-bond donors (Lipinski definition) is 2. The normalized spacial score (nSPS) is 12.2. The van der Waals surface area contributed by atoms with E-state index in [9.17, 15) is 19.2 Å². The quantitative estimate of drug-likeness (QED) is 0.488. The van der Waals surface area contributed by atoms with E-state index in [0.29, 0.717) is 12.8 Å². The minimum Gasteiger partial charge on any atom is -0.467 e. The molecule has 0 saturated carbocycles. The molecule has 0 aliphatic heterocycles. The van der Waals surface area contributed by atoms with Gasteiger partial charge in [-0.05, 0) is 35.1 Å². The molecule has 0 heterocycles. The number of benzene rings is 2. The molecule has 0 spiro atoms. The van der Waals surface area contributed by atoms with Gasteiger partial charge in [-0.3, -0.25) is 9.59 Å². The first-order valence-corrected chi connectivity index (χ1v) is 11.1. The van der Waals surface area contributed by atoms with E-state index < -0.39 is 24.0 Å². The zero-order valence-corrected chi connectivity index (χ0v) is 20.1. The molecule has 0 unspecified atom stereocenters. The number of ether oxygens (including phenoxy) is 2. The van der Waals surface area contributed by atoms with Crippen molar-refractivity contribution in [2.75, 3.05) is 14.2 Å². The fourth-order valence-electron chi connectivity index (χ4n) is 3.75. The highest BCUT2D eigenvalue weighted by atomic mass is 16.5. The number of amides is 2. The van der Waals surface area contributed by atoms with Crippen LogP contribution in [0.1, 0.15) is 36.1 Å². The van der Waals surface area contributed by atoms with Crippen LogP contribution in [0.25, 0.3) is 0 Å². The molecule has 0 fully saturated rings. The minimum atomic E-state index is -0.735. The molecule has 2 aromatic rings. The van der Waals surface area contributed by atoms with Gasteiger partial charge in [-0.2, -0.15) is 0 Å². The van der Waals surface area contributed by atoms with Crippen LogP contribution in [-0.4, -0.2) is 50.1 Å². The largest absolute Gasteiger partial charge is 0.467 e. The molecule has 2 aromatic carbocycles. The van der Waals surface area contributed by atoms with Crippen molar-refractivity contribution in [1.29, 1.82) is 0 Å². The number of carbonyl (C=O) groups is 4. The number of hydrogen-bond acceptors (Lipinski definition) is 6. The Hall–Kier alpha value is -3.68. The lowest BCUT2D eigenvalue weighted by molar-refractivity contribution is -0.145. The Labute approximate surface area is 200 Å². The van der Waals surface area contributed by atoms with Crippen molar-refractivity contribution >= 4 is 23.8 Å². The number of methoxy groups -OCH3 is 2. The molecule has 0 aromatic heterocycles. The number of nitrogens with one attached hydrogen (secondary N) is 2. The Morgan fingerprint density at radius 2 is 1.03 bits per heavy atom. The summed E-state index contributed by atoms with van der Waals surface area (Å²) in [6.45, 7) is 2.73. The molecule has 0 radical (unpaired) electrons. The monoisotopic (exact) mass is 468 g/mol. The van der Waals surface area contributed by atoms with E-state index in [2.05, 4.69) is 10.6 Å². The molecule has 2 atom stereocenters. The first kappa shape index (κ1) is 26.6. The molecule has 8 heteroatoms. The molecular formula is C26H32N2O6. The second-order valence-corrected chi connectivity index (χ2v) is 8.10. The van der Waals surface area contributed by atoms with Gasteiger partial charge in [0.1, 0.15) is 12.1 Å². The number of esters is 2. The minimum absolute atomic E-state index is 0.292. The Bertz CT molecular complexity index is 938. The fraction of sp³-hybridized carbons (Fsp3) is 0.385. The van der Waals surface area contributed by atoms with Crippen LogP contribution in [-0.2, 0) is 54.3 Å². The van der Waals surface area contributed by atoms with Gasteiger partial charge in [0.2, 0.25) is 11.8 Å². The van der Waals surface area contributed by atoms with Gasteiger partial charge in [0.05, 0.1) is 14.2 Å². The summed E-state index contributed by atoms with van der Waals surface area (Å²) in [6.07, 6.45) is 2.22. The Balaban J connectivity index is 2.05. The Kier molecular flexibility index (Phi) is 10.3. The second-order valence-electron chi connectivity index (χ2n) is 8.10. The van der Waals surface area contributed by atoms with E-state index in [1.807, 2.05) is 48.5 Å². The van der Waals surface area contributed by atoms with E-state index in [-0.39, 0.29) is 11.8 Å². The zero-order valence-electron chi connectivity index (χ0n) is 20.1. The standard InChI is InChI=1S/C26H32N2O6/c1-17(29)27-23(25(31)33-3)15-21-9-5-7-19(13-21)11-12-20-8-6-10-22(14-20)16-24(26(32)34-4)28-18(2)30/h5-10,13-14,23-24H,11-12,15-16H2,1-4H3,(H,27,29)(H,28,30)/t23-,24+. The second kappa shape index (κ2) is 13.1. The lowest BCUT2D eigenvalue weighted by Gasteiger charge is -2.16. The maximum atomic E-state index is 12.0. The van der Waals surface area contributed by atoms with Crippen LogP contribution < -0.4 is 10.6 Å². The molecule has 0 aliphatic rings. The summed E-state index contributed by atoms with van der Waals surface area (Å²) in [6, 6.07) is 14.3. The van der Waals surface area contributed by atoms with E-state index in [1.165, 1.54) is 28.1 Å². The van der Waals surface area contributed by atoms with Crippen LogP contribution >= 0.6 is 0 Å². The van der Waals surface area contributed by atoms with Gasteiger partial charge in [-0.15, -0.1) is 0 Å². The van der Waals surface area contributed by atoms with Crippen LogP contribution in [0.15, 0.2) is 48.5 Å². The molecule has 34 heavy (non-hydrogen) atoms. The average Bonchev–Trinajstić information content (AvgIpc) is 2.81. The van der Waals surface area contributed by atoms with Gasteiger partial charge in [0.15, 0.2) is 0 Å². The van der Waals surface area contributed by atoms with E-state index in [0.717, 1.165) is 35.1 Å². The van der Waals surface area contributed by atoms with Crippen molar-refractivity contribution in [1.82, 2.24) is 10.6 Å². The number of carbonyl (C=O) groups excluding carboxylic acids is 4. The molecule has 182 valence electrons. The summed E-state index contributed by atoms with van der Waals surface area (Å²) in [7, 11) is 2.59. The average molecular weight is 469 g/mol. The first-order valence-electron chi connectivity index (χ1n) is 11.1. The zero-order chi connectivity index (χ0) is 25.1. The van der Waals surface area contributed by atoms with Crippen molar-refractivity contribution in [3.05, 3.63) is 70.8 Å². The molecule has 0 aliphatic carbocycles. The molecular weight excluding hydrogens is 436 g/mol. The van der Waals surface area contributed by atoms with Gasteiger partial charge in [0.25, 0.3) is 0 Å². The summed E-state index contributed by atoms with van der Waals surface area (Å²) in [4.78, 5) is 46.8. The number of aryl methyl sites for hydroxylation is 2. The third-order valence-electron chi connectivity index (χ3n) is 5.29. The summed E-state index contributed by atoms with van der Waals surface area (Å²) in [5, 5.41) is 5.26. The van der Waals surface area contributed by atoms with Crippen molar-refractivity contribution in [3.8, 4) is 0 Å². The predicted molar refractivity (Wildman–Crippen MR) is 127 cm³/mol. The van der Waals surface area contributed by atoms with Gasteiger partial charge in [0, 0.05) is 26.7 Å². The topological polar surface area (TPSA) is 111 Å². The highest BCUT2D eigenvalue weighted by molar-refractivity contribution is 5.84. The van der Waals surface area contributed by atoms with E-state index in [4.69, 9.17) is 9.47 Å². The van der Waals surface area contributed by atoms with Crippen molar-refractivity contribution in [2.45, 2.75) is 51.6 Å². The smallest absolute Gasteiger partial charge is 0.328 e. The predicted octanol–water partition coefficient (Wildman–Crippen LogP) is 1.91. The molecule has 8 nitrogen and oxygen atoms in total. The van der Waals surface area contributed by atoms with E-state index >= 15 is 0 Å². The molecule has 0 bridgehead atoms. The van der Waals surface area contributed by atoms with E-state index in [1.54, 1.807) is 0 Å². The van der Waals surface area contributed by atoms with Crippen molar-refractivity contribution in [2.24, 2.45) is 0 Å². The summed E-state index contributed by atoms with van der Waals surface area (Å²) < 4.78 is 9.59. The van der Waals surface area contributed by atoms with Crippen LogP contribution in [0.2, 0.25) is 0 Å². The third-order valence-corrected chi connectivity index (χ3v) is 5.29. The summed E-state index contributed by atoms with van der Waals surface area (Å²) in [5.41, 5.74) is 4.04.